The van der Waals surface area contributed by atoms with Gasteiger partial charge in [0, 0.05) is 32.5 Å². The Balaban J connectivity index is 1.15. The third-order valence-corrected chi connectivity index (χ3v) is 13.3. The maximum Gasteiger partial charge on any atom is 0.293 e. The molecule has 0 radical (unpaired) electrons. The van der Waals surface area contributed by atoms with Gasteiger partial charge in [0.1, 0.15) is 23.1 Å². The van der Waals surface area contributed by atoms with Crippen LogP contribution in [0.1, 0.15) is 133 Å². The summed E-state index contributed by atoms with van der Waals surface area (Å²) in [5.74, 6) is 0.944. The minimum atomic E-state index is -1.21. The van der Waals surface area contributed by atoms with E-state index in [0.29, 0.717) is 103 Å². The first kappa shape index (κ1) is 60.5. The van der Waals surface area contributed by atoms with Crippen LogP contribution in [0.25, 0.3) is 0 Å². The van der Waals surface area contributed by atoms with E-state index in [2.05, 4.69) is 17.6 Å². The highest BCUT2D eigenvalue weighted by Gasteiger charge is 2.40. The zero-order valence-corrected chi connectivity index (χ0v) is 44.3. The van der Waals surface area contributed by atoms with E-state index in [1.807, 2.05) is 78.9 Å². The van der Waals surface area contributed by atoms with Crippen molar-refractivity contribution < 1.29 is 57.1 Å². The first-order valence-corrected chi connectivity index (χ1v) is 27.0. The number of rotatable bonds is 42. The van der Waals surface area contributed by atoms with Gasteiger partial charge in [-0.1, -0.05) is 139 Å². The number of amides is 3. The van der Waals surface area contributed by atoms with Crippen molar-refractivity contribution in [2.24, 2.45) is 5.92 Å². The summed E-state index contributed by atoms with van der Waals surface area (Å²) >= 11 is 0. The van der Waals surface area contributed by atoms with Crippen LogP contribution in [0.4, 0.5) is 0 Å². The lowest BCUT2D eigenvalue weighted by atomic mass is 9.80. The number of piperidine rings is 1. The van der Waals surface area contributed by atoms with E-state index in [4.69, 9.17) is 37.9 Å². The quantitative estimate of drug-likeness (QED) is 0.0314. The number of carbonyl (C=O) groups excluding carboxylic acids is 4. The van der Waals surface area contributed by atoms with Gasteiger partial charge in [0.2, 0.25) is 17.7 Å². The van der Waals surface area contributed by atoms with Crippen LogP contribution in [0.2, 0.25) is 0 Å². The molecule has 4 rings (SSSR count). The van der Waals surface area contributed by atoms with Gasteiger partial charge in [0.15, 0.2) is 0 Å². The van der Waals surface area contributed by atoms with Crippen molar-refractivity contribution in [1.29, 1.82) is 0 Å². The largest absolute Gasteiger partial charge is 0.497 e. The first-order valence-electron chi connectivity index (χ1n) is 27.0. The average molecular weight is 1020 g/mol. The predicted molar refractivity (Wildman–Crippen MR) is 283 cm³/mol. The van der Waals surface area contributed by atoms with Gasteiger partial charge < -0.3 is 53.4 Å². The smallest absolute Gasteiger partial charge is 0.293 e. The Hall–Kier alpha value is -5.06. The van der Waals surface area contributed by atoms with E-state index in [1.54, 1.807) is 19.1 Å². The van der Waals surface area contributed by atoms with Crippen LogP contribution in [0.3, 0.4) is 0 Å². The highest BCUT2D eigenvalue weighted by Crippen LogP contribution is 2.42. The molecule has 0 bridgehead atoms. The molecule has 1 aliphatic heterocycles. The van der Waals surface area contributed by atoms with Gasteiger partial charge >= 0.3 is 0 Å². The number of unbranched alkanes of at least 4 members (excludes halogenated alkanes) is 12. The number of hydrogen-bond acceptors (Lipinski definition) is 12. The predicted octanol–water partition coefficient (Wildman–Crippen LogP) is 8.96. The standard InChI is InChI=1S/C58H87N3O12/c1-4-5-6-7-8-9-10-11-12-13-14-15-19-22-55(63)59-34-38-69-40-42-71-44-43-70-41-39-68-37-33-56(64)60-54(57(65)61-35-31-48(32-36-61)45-72-47-62)46-73-58(49-20-17-16-18-21-49,50-23-27-52(66-2)28-24-50)51-25-29-53(67-3)30-26-51/h16-18,20-21,23-30,47-48,54H,4-15,19,22,31-46H2,1-3H3,(H,59,63)(H,60,64). The Morgan fingerprint density at radius 2 is 1.08 bits per heavy atom. The lowest BCUT2D eigenvalue weighted by Crippen LogP contribution is -2.54. The number of hydrogen-bond donors (Lipinski definition) is 2. The van der Waals surface area contributed by atoms with Gasteiger partial charge in [-0.3, -0.25) is 19.2 Å². The fraction of sp³-hybridized carbons (Fsp3) is 0.621. The van der Waals surface area contributed by atoms with Crippen LogP contribution < -0.4 is 20.1 Å². The molecule has 1 saturated heterocycles. The minimum absolute atomic E-state index is 0.0158. The Bertz CT molecular complexity index is 1860. The van der Waals surface area contributed by atoms with Crippen molar-refractivity contribution in [2.75, 3.05) is 99.9 Å². The number of ether oxygens (including phenoxy) is 8. The van der Waals surface area contributed by atoms with E-state index >= 15 is 0 Å². The molecule has 73 heavy (non-hydrogen) atoms. The van der Waals surface area contributed by atoms with Crippen molar-refractivity contribution in [2.45, 2.75) is 128 Å². The van der Waals surface area contributed by atoms with Crippen molar-refractivity contribution in [3.05, 3.63) is 95.6 Å². The lowest BCUT2D eigenvalue weighted by molar-refractivity contribution is -0.142. The molecule has 1 unspecified atom stereocenters. The van der Waals surface area contributed by atoms with E-state index in [0.717, 1.165) is 29.5 Å². The fourth-order valence-corrected chi connectivity index (χ4v) is 9.02. The van der Waals surface area contributed by atoms with Crippen LogP contribution in [-0.2, 0) is 53.2 Å². The Morgan fingerprint density at radius 1 is 0.603 bits per heavy atom. The summed E-state index contributed by atoms with van der Waals surface area (Å²) in [5, 5.41) is 5.91. The molecule has 0 saturated carbocycles. The maximum absolute atomic E-state index is 14.4. The van der Waals surface area contributed by atoms with E-state index in [-0.39, 0.29) is 49.9 Å². The number of carbonyl (C=O) groups is 4. The fourth-order valence-electron chi connectivity index (χ4n) is 9.02. The van der Waals surface area contributed by atoms with Crippen LogP contribution in [0.5, 0.6) is 11.5 Å². The average Bonchev–Trinajstić information content (AvgIpc) is 3.42. The van der Waals surface area contributed by atoms with Crippen molar-refractivity contribution in [3.8, 4) is 11.5 Å². The van der Waals surface area contributed by atoms with Crippen LogP contribution in [-0.4, -0.2) is 135 Å². The molecule has 0 aliphatic carbocycles. The molecule has 15 heteroatoms. The minimum Gasteiger partial charge on any atom is -0.497 e. The second-order valence-electron chi connectivity index (χ2n) is 18.7. The second kappa shape index (κ2) is 37.6. The summed E-state index contributed by atoms with van der Waals surface area (Å²) in [6, 6.07) is 24.0. The van der Waals surface area contributed by atoms with Crippen LogP contribution in [0.15, 0.2) is 78.9 Å². The molecule has 1 atom stereocenters. The number of benzene rings is 3. The summed E-state index contributed by atoms with van der Waals surface area (Å²) in [6.07, 6.45) is 18.6. The summed E-state index contributed by atoms with van der Waals surface area (Å²) in [7, 11) is 3.22. The molecule has 0 spiro atoms. The zero-order chi connectivity index (χ0) is 52.0. The Morgan fingerprint density at radius 3 is 1.59 bits per heavy atom. The molecular formula is C58H87N3O12. The molecular weight excluding hydrogens is 931 g/mol. The summed E-state index contributed by atoms with van der Waals surface area (Å²) in [5.41, 5.74) is 1.18. The summed E-state index contributed by atoms with van der Waals surface area (Å²) in [6.45, 7) is 7.00. The highest BCUT2D eigenvalue weighted by molar-refractivity contribution is 5.88. The summed E-state index contributed by atoms with van der Waals surface area (Å²) in [4.78, 5) is 52.7. The number of nitrogens with one attached hydrogen (secondary N) is 2. The van der Waals surface area contributed by atoms with Gasteiger partial charge in [-0.05, 0) is 66.1 Å². The number of methoxy groups -OCH3 is 2. The van der Waals surface area contributed by atoms with Gasteiger partial charge in [-0.2, -0.15) is 0 Å². The molecule has 406 valence electrons. The Kier molecular flexibility index (Phi) is 31.2. The van der Waals surface area contributed by atoms with Gasteiger partial charge in [0.25, 0.3) is 6.47 Å². The molecule has 1 fully saturated rings. The highest BCUT2D eigenvalue weighted by atomic mass is 16.6. The van der Waals surface area contributed by atoms with Crippen LogP contribution >= 0.6 is 0 Å². The van der Waals surface area contributed by atoms with Crippen molar-refractivity contribution in [3.63, 3.8) is 0 Å². The van der Waals surface area contributed by atoms with Gasteiger partial charge in [0.05, 0.1) is 80.3 Å². The molecule has 2 N–H and O–H groups in total. The molecule has 3 aromatic carbocycles. The molecule has 0 aromatic heterocycles. The molecule has 1 aliphatic rings. The first-order chi connectivity index (χ1) is 35.8. The van der Waals surface area contributed by atoms with Gasteiger partial charge in [-0.25, -0.2) is 0 Å². The molecule has 1 heterocycles. The van der Waals surface area contributed by atoms with E-state index in [9.17, 15) is 19.2 Å². The number of nitrogens with zero attached hydrogens (tertiary/aromatic N) is 1. The van der Waals surface area contributed by atoms with E-state index < -0.39 is 11.6 Å². The second-order valence-corrected chi connectivity index (χ2v) is 18.7. The normalized spacial score (nSPS) is 13.3. The number of likely N-dealkylation sites (tertiary alicyclic amines) is 1. The van der Waals surface area contributed by atoms with Crippen molar-refractivity contribution >= 4 is 24.2 Å². The molecule has 3 amide bonds. The monoisotopic (exact) mass is 1020 g/mol. The van der Waals surface area contributed by atoms with Gasteiger partial charge in [-0.15, -0.1) is 0 Å². The summed E-state index contributed by atoms with van der Waals surface area (Å²) < 4.78 is 45.7. The Labute approximate surface area is 436 Å². The third-order valence-electron chi connectivity index (χ3n) is 13.3. The lowest BCUT2D eigenvalue weighted by Gasteiger charge is -2.38. The molecule has 15 nitrogen and oxygen atoms in total. The SMILES string of the molecule is CCCCCCCCCCCCCCCC(=O)NCCOCCOCCOCCOCCC(=O)NC(COC(c1ccccc1)(c1ccc(OC)cc1)c1ccc(OC)cc1)C(=O)N1CCC(COC=O)CC1. The topological polar surface area (TPSA) is 169 Å². The molecule has 3 aromatic rings. The third kappa shape index (κ3) is 23.4. The maximum atomic E-state index is 14.4. The van der Waals surface area contributed by atoms with Crippen LogP contribution in [0, 0.1) is 5.92 Å². The zero-order valence-electron chi connectivity index (χ0n) is 44.3. The van der Waals surface area contributed by atoms with E-state index in [1.165, 1.54) is 70.6 Å². The van der Waals surface area contributed by atoms with Crippen molar-refractivity contribution in [1.82, 2.24) is 15.5 Å².